The number of nitrogens with zero attached hydrogens (tertiary/aromatic N) is 3. The van der Waals surface area contributed by atoms with Gasteiger partial charge in [-0.1, -0.05) is 6.07 Å². The number of imidazole rings is 1. The molecule has 0 atom stereocenters. The van der Waals surface area contributed by atoms with Crippen LogP contribution in [0.3, 0.4) is 0 Å². The zero-order valence-electron chi connectivity index (χ0n) is 13.5. The monoisotopic (exact) mass is 301 g/mol. The molecule has 1 fully saturated rings. The summed E-state index contributed by atoms with van der Waals surface area (Å²) in [5, 5.41) is 0. The third-order valence-electron chi connectivity index (χ3n) is 4.34. The lowest BCUT2D eigenvalue weighted by molar-refractivity contribution is 0.00578. The normalized spacial score (nSPS) is 19.4. The lowest BCUT2D eigenvalue weighted by atomic mass is 9.79. The van der Waals surface area contributed by atoms with Gasteiger partial charge >= 0.3 is 7.12 Å². The van der Waals surface area contributed by atoms with E-state index in [1.807, 2.05) is 50.6 Å². The number of pyridine rings is 1. The van der Waals surface area contributed by atoms with Gasteiger partial charge in [0.15, 0.2) is 0 Å². The van der Waals surface area contributed by atoms with E-state index in [4.69, 9.17) is 14.0 Å². The summed E-state index contributed by atoms with van der Waals surface area (Å²) in [5.41, 5.74) is -0.0118. The number of rotatable bonds is 3. The average Bonchev–Trinajstić information content (AvgIpc) is 3.05. The molecule has 7 heteroatoms. The van der Waals surface area contributed by atoms with Gasteiger partial charge in [-0.2, -0.15) is 4.98 Å². The molecule has 0 radical (unpaired) electrons. The second kappa shape index (κ2) is 5.10. The van der Waals surface area contributed by atoms with Crippen LogP contribution >= 0.6 is 0 Å². The van der Waals surface area contributed by atoms with Crippen LogP contribution in [-0.2, 0) is 9.31 Å². The molecule has 0 aliphatic carbocycles. The highest BCUT2D eigenvalue weighted by Crippen LogP contribution is 2.37. The van der Waals surface area contributed by atoms with Crippen molar-refractivity contribution in [1.82, 2.24) is 14.5 Å². The van der Waals surface area contributed by atoms with E-state index in [1.165, 1.54) is 0 Å². The van der Waals surface area contributed by atoms with Crippen LogP contribution in [0.5, 0.6) is 5.88 Å². The molecule has 1 aliphatic rings. The Kier molecular flexibility index (Phi) is 3.49. The minimum Gasteiger partial charge on any atom is -0.481 e. The summed E-state index contributed by atoms with van der Waals surface area (Å²) in [6.07, 6.45) is 5.22. The van der Waals surface area contributed by atoms with E-state index in [0.29, 0.717) is 5.88 Å². The first-order valence-electron chi connectivity index (χ1n) is 7.23. The highest BCUT2D eigenvalue weighted by Gasteiger charge is 2.52. The van der Waals surface area contributed by atoms with Crippen molar-refractivity contribution >= 4 is 12.6 Å². The number of ether oxygens (including phenoxy) is 1. The van der Waals surface area contributed by atoms with Crippen molar-refractivity contribution in [3.63, 3.8) is 0 Å². The van der Waals surface area contributed by atoms with Crippen LogP contribution < -0.4 is 10.2 Å². The van der Waals surface area contributed by atoms with Gasteiger partial charge in [0.1, 0.15) is 12.1 Å². The summed E-state index contributed by atoms with van der Waals surface area (Å²) in [5.74, 6) is 1.22. The fourth-order valence-electron chi connectivity index (χ4n) is 2.29. The standard InChI is InChI=1S/C15H20BN3O3/c1-14(2)15(3,4)22-16(21-14)11-6-7-12(18-13(11)20-5)19-9-8-17-10-19/h6-10H,1-5H3. The quantitative estimate of drug-likeness (QED) is 0.806. The molecule has 3 heterocycles. The first kappa shape index (κ1) is 15.1. The van der Waals surface area contributed by atoms with Crippen LogP contribution in [0.1, 0.15) is 27.7 Å². The zero-order valence-corrected chi connectivity index (χ0v) is 13.5. The molecule has 0 spiro atoms. The van der Waals surface area contributed by atoms with Crippen molar-refractivity contribution in [1.29, 1.82) is 0 Å². The Bertz CT molecular complexity index is 655. The van der Waals surface area contributed by atoms with Crippen molar-refractivity contribution in [2.75, 3.05) is 7.11 Å². The van der Waals surface area contributed by atoms with E-state index in [1.54, 1.807) is 19.6 Å². The molecule has 0 bridgehead atoms. The SMILES string of the molecule is COc1nc(-n2ccnc2)ccc1B1OC(C)(C)C(C)(C)O1. The van der Waals surface area contributed by atoms with Crippen molar-refractivity contribution in [3.8, 4) is 11.7 Å². The molecule has 3 rings (SSSR count). The Labute approximate surface area is 130 Å². The fraction of sp³-hybridized carbons (Fsp3) is 0.467. The molecular formula is C15H20BN3O3. The van der Waals surface area contributed by atoms with Crippen LogP contribution in [0.2, 0.25) is 0 Å². The zero-order chi connectivity index (χ0) is 16.0. The fourth-order valence-corrected chi connectivity index (χ4v) is 2.29. The van der Waals surface area contributed by atoms with Gasteiger partial charge in [0.2, 0.25) is 5.88 Å². The molecule has 116 valence electrons. The van der Waals surface area contributed by atoms with Gasteiger partial charge in [-0.15, -0.1) is 0 Å². The Morgan fingerprint density at radius 2 is 1.82 bits per heavy atom. The molecule has 0 unspecified atom stereocenters. The highest BCUT2D eigenvalue weighted by molar-refractivity contribution is 6.63. The number of hydrogen-bond donors (Lipinski definition) is 0. The molecule has 2 aromatic rings. The number of hydrogen-bond acceptors (Lipinski definition) is 5. The van der Waals surface area contributed by atoms with Gasteiger partial charge < -0.3 is 14.0 Å². The minimum absolute atomic E-state index is 0.397. The summed E-state index contributed by atoms with van der Waals surface area (Å²) >= 11 is 0. The number of methoxy groups -OCH3 is 1. The van der Waals surface area contributed by atoms with Crippen LogP contribution in [0, 0.1) is 0 Å². The van der Waals surface area contributed by atoms with E-state index in [9.17, 15) is 0 Å². The van der Waals surface area contributed by atoms with Gasteiger partial charge in [0.05, 0.1) is 18.3 Å². The van der Waals surface area contributed by atoms with Gasteiger partial charge in [-0.25, -0.2) is 4.98 Å². The molecule has 0 saturated carbocycles. The predicted molar refractivity (Wildman–Crippen MR) is 83.6 cm³/mol. The smallest absolute Gasteiger partial charge is 0.481 e. The first-order chi connectivity index (χ1) is 10.3. The topological polar surface area (TPSA) is 58.4 Å². The van der Waals surface area contributed by atoms with Gasteiger partial charge in [0.25, 0.3) is 0 Å². The highest BCUT2D eigenvalue weighted by atomic mass is 16.7. The van der Waals surface area contributed by atoms with Crippen LogP contribution in [0.15, 0.2) is 30.9 Å². The van der Waals surface area contributed by atoms with E-state index in [2.05, 4.69) is 9.97 Å². The third kappa shape index (κ3) is 2.40. The predicted octanol–water partition coefficient (Wildman–Crippen LogP) is 1.58. The van der Waals surface area contributed by atoms with E-state index in [-0.39, 0.29) is 0 Å². The molecule has 1 aliphatic heterocycles. The van der Waals surface area contributed by atoms with Gasteiger partial charge in [-0.05, 0) is 33.8 Å². The Morgan fingerprint density at radius 3 is 2.36 bits per heavy atom. The Balaban J connectivity index is 1.95. The largest absolute Gasteiger partial charge is 0.500 e. The summed E-state index contributed by atoms with van der Waals surface area (Å²) in [6.45, 7) is 8.08. The van der Waals surface area contributed by atoms with E-state index in [0.717, 1.165) is 11.3 Å². The number of aromatic nitrogens is 3. The maximum atomic E-state index is 6.06. The van der Waals surface area contributed by atoms with E-state index >= 15 is 0 Å². The Morgan fingerprint density at radius 1 is 1.14 bits per heavy atom. The van der Waals surface area contributed by atoms with Gasteiger partial charge in [-0.3, -0.25) is 4.57 Å². The summed E-state index contributed by atoms with van der Waals surface area (Å²) in [4.78, 5) is 8.54. The second-order valence-electron chi connectivity index (χ2n) is 6.33. The average molecular weight is 301 g/mol. The lowest BCUT2D eigenvalue weighted by Crippen LogP contribution is -2.41. The second-order valence-corrected chi connectivity index (χ2v) is 6.33. The van der Waals surface area contributed by atoms with Crippen LogP contribution in [0.25, 0.3) is 5.82 Å². The molecular weight excluding hydrogens is 281 g/mol. The van der Waals surface area contributed by atoms with E-state index < -0.39 is 18.3 Å². The molecule has 1 saturated heterocycles. The minimum atomic E-state index is -0.496. The molecule has 0 aromatic carbocycles. The summed E-state index contributed by atoms with van der Waals surface area (Å²) < 4.78 is 19.4. The van der Waals surface area contributed by atoms with Crippen LogP contribution in [-0.4, -0.2) is 40.0 Å². The lowest BCUT2D eigenvalue weighted by Gasteiger charge is -2.32. The van der Waals surface area contributed by atoms with Crippen molar-refractivity contribution in [2.24, 2.45) is 0 Å². The Hall–Kier alpha value is -1.86. The van der Waals surface area contributed by atoms with Crippen molar-refractivity contribution in [2.45, 2.75) is 38.9 Å². The van der Waals surface area contributed by atoms with Crippen molar-refractivity contribution < 1.29 is 14.0 Å². The molecule has 0 N–H and O–H groups in total. The summed E-state index contributed by atoms with van der Waals surface area (Å²) in [6, 6.07) is 3.81. The third-order valence-corrected chi connectivity index (χ3v) is 4.34. The molecule has 2 aromatic heterocycles. The molecule has 22 heavy (non-hydrogen) atoms. The molecule has 6 nitrogen and oxygen atoms in total. The van der Waals surface area contributed by atoms with Crippen LogP contribution in [0.4, 0.5) is 0 Å². The first-order valence-corrected chi connectivity index (χ1v) is 7.23. The maximum Gasteiger partial charge on any atom is 0.500 e. The summed E-state index contributed by atoms with van der Waals surface area (Å²) in [7, 11) is 1.10. The molecule has 0 amide bonds. The van der Waals surface area contributed by atoms with Gasteiger partial charge in [0, 0.05) is 17.9 Å². The van der Waals surface area contributed by atoms with Crippen molar-refractivity contribution in [3.05, 3.63) is 30.9 Å². The maximum absolute atomic E-state index is 6.06.